The molecule has 2 aromatic carbocycles. The molecule has 0 aliphatic carbocycles. The predicted octanol–water partition coefficient (Wildman–Crippen LogP) is 6.57. The zero-order valence-electron chi connectivity index (χ0n) is 20.7. The number of benzene rings is 2. The van der Waals surface area contributed by atoms with E-state index in [0.29, 0.717) is 17.7 Å². The summed E-state index contributed by atoms with van der Waals surface area (Å²) in [5, 5.41) is 10.2. The van der Waals surface area contributed by atoms with Crippen LogP contribution in [0.4, 0.5) is 31.1 Å². The summed E-state index contributed by atoms with van der Waals surface area (Å²) >= 11 is 0. The molecule has 0 aromatic heterocycles. The number of amides is 1. The standard InChI is InChI=1S/C26H29F6NO4/c1-15(17-10-18(25(27,28)29)12-19(11-17)26(30,31)32)36-21-13-33(23(35)37-24(2,3)4)20(14-34)22(21)16-8-6-5-7-9-16/h5-12,15,20-22,34H,13-14H2,1-4H3/t15-,20-,21-,22-/m0/s1. The number of alkyl halides is 6. The van der Waals surface area contributed by atoms with E-state index in [1.54, 1.807) is 51.1 Å². The van der Waals surface area contributed by atoms with Crippen molar-refractivity contribution in [2.75, 3.05) is 13.2 Å². The Hall–Kier alpha value is -2.79. The Morgan fingerprint density at radius 2 is 1.54 bits per heavy atom. The number of carbonyl (C=O) groups is 1. The molecule has 1 saturated heterocycles. The Morgan fingerprint density at radius 1 is 1.00 bits per heavy atom. The van der Waals surface area contributed by atoms with Crippen molar-refractivity contribution in [3.8, 4) is 0 Å². The average Bonchev–Trinajstić information content (AvgIpc) is 3.15. The van der Waals surface area contributed by atoms with Gasteiger partial charge in [0.05, 0.1) is 42.5 Å². The maximum Gasteiger partial charge on any atom is 0.416 e. The van der Waals surface area contributed by atoms with Crippen molar-refractivity contribution in [3.05, 3.63) is 70.8 Å². The first kappa shape index (κ1) is 28.8. The lowest BCUT2D eigenvalue weighted by molar-refractivity contribution is -0.143. The van der Waals surface area contributed by atoms with Gasteiger partial charge in [-0.15, -0.1) is 0 Å². The Balaban J connectivity index is 1.99. The summed E-state index contributed by atoms with van der Waals surface area (Å²) in [5.41, 5.74) is -3.35. The van der Waals surface area contributed by atoms with Crippen molar-refractivity contribution in [1.82, 2.24) is 4.90 Å². The van der Waals surface area contributed by atoms with Gasteiger partial charge in [0.1, 0.15) is 5.60 Å². The van der Waals surface area contributed by atoms with E-state index in [0.717, 1.165) is 0 Å². The smallest absolute Gasteiger partial charge is 0.416 e. The van der Waals surface area contributed by atoms with E-state index >= 15 is 0 Å². The number of hydrogen-bond acceptors (Lipinski definition) is 4. The van der Waals surface area contributed by atoms with Crippen molar-refractivity contribution >= 4 is 6.09 Å². The van der Waals surface area contributed by atoms with Crippen LogP contribution in [0.5, 0.6) is 0 Å². The van der Waals surface area contributed by atoms with Gasteiger partial charge in [0, 0.05) is 5.92 Å². The zero-order chi connectivity index (χ0) is 27.8. The second-order valence-electron chi connectivity index (χ2n) is 9.98. The summed E-state index contributed by atoms with van der Waals surface area (Å²) in [6.45, 7) is 5.81. The van der Waals surface area contributed by atoms with Gasteiger partial charge in [0.25, 0.3) is 0 Å². The maximum absolute atomic E-state index is 13.4. The quantitative estimate of drug-likeness (QED) is 0.442. The molecular weight excluding hydrogens is 504 g/mol. The third-order valence-corrected chi connectivity index (χ3v) is 6.05. The largest absolute Gasteiger partial charge is 0.444 e. The van der Waals surface area contributed by atoms with Crippen molar-refractivity contribution in [3.63, 3.8) is 0 Å². The Labute approximate surface area is 211 Å². The third kappa shape index (κ3) is 6.95. The highest BCUT2D eigenvalue weighted by Crippen LogP contribution is 2.41. The van der Waals surface area contributed by atoms with Crippen LogP contribution in [0.25, 0.3) is 0 Å². The fourth-order valence-corrected chi connectivity index (χ4v) is 4.42. The molecule has 3 rings (SSSR count). The molecule has 2 aromatic rings. The number of aliphatic hydroxyl groups excluding tert-OH is 1. The molecule has 4 atom stereocenters. The highest BCUT2D eigenvalue weighted by molar-refractivity contribution is 5.69. The number of ether oxygens (including phenoxy) is 2. The Bertz CT molecular complexity index is 1050. The Kier molecular flexibility index (Phi) is 8.19. The first-order valence-electron chi connectivity index (χ1n) is 11.6. The van der Waals surface area contributed by atoms with E-state index in [2.05, 4.69) is 0 Å². The highest BCUT2D eigenvalue weighted by atomic mass is 19.4. The molecule has 1 aliphatic heterocycles. The number of nitrogens with zero attached hydrogens (tertiary/aromatic N) is 1. The first-order valence-corrected chi connectivity index (χ1v) is 11.6. The van der Waals surface area contributed by atoms with Crippen LogP contribution in [-0.2, 0) is 21.8 Å². The predicted molar refractivity (Wildman–Crippen MR) is 123 cm³/mol. The van der Waals surface area contributed by atoms with E-state index in [9.17, 15) is 36.2 Å². The van der Waals surface area contributed by atoms with Crippen molar-refractivity contribution < 1.29 is 45.7 Å². The van der Waals surface area contributed by atoms with E-state index in [1.807, 2.05) is 0 Å². The van der Waals surface area contributed by atoms with Gasteiger partial charge < -0.3 is 14.6 Å². The topological polar surface area (TPSA) is 59.0 Å². The number of hydrogen-bond donors (Lipinski definition) is 1. The van der Waals surface area contributed by atoms with Gasteiger partial charge in [0.15, 0.2) is 0 Å². The minimum Gasteiger partial charge on any atom is -0.444 e. The molecule has 5 nitrogen and oxygen atoms in total. The lowest BCUT2D eigenvalue weighted by Crippen LogP contribution is -2.42. The summed E-state index contributed by atoms with van der Waals surface area (Å²) in [6.07, 6.45) is -12.8. The van der Waals surface area contributed by atoms with Crippen LogP contribution in [0.3, 0.4) is 0 Å². The molecule has 37 heavy (non-hydrogen) atoms. The number of halogens is 6. The molecule has 1 heterocycles. The average molecular weight is 534 g/mol. The molecule has 0 bridgehead atoms. The molecule has 1 amide bonds. The second kappa shape index (κ2) is 10.5. The number of aliphatic hydroxyl groups is 1. The normalized spacial score (nSPS) is 21.7. The van der Waals surface area contributed by atoms with Crippen LogP contribution >= 0.6 is 0 Å². The third-order valence-electron chi connectivity index (χ3n) is 6.05. The van der Waals surface area contributed by atoms with E-state index < -0.39 is 65.9 Å². The lowest BCUT2D eigenvalue weighted by atomic mass is 9.90. The summed E-state index contributed by atoms with van der Waals surface area (Å²) in [4.78, 5) is 14.2. The van der Waals surface area contributed by atoms with Crippen molar-refractivity contribution in [2.45, 2.75) is 69.8 Å². The molecular formula is C26H29F6NO4. The maximum atomic E-state index is 13.4. The van der Waals surface area contributed by atoms with Gasteiger partial charge in [-0.2, -0.15) is 26.3 Å². The van der Waals surface area contributed by atoms with Gasteiger partial charge in [-0.3, -0.25) is 4.90 Å². The monoisotopic (exact) mass is 533 g/mol. The fourth-order valence-electron chi connectivity index (χ4n) is 4.42. The lowest BCUT2D eigenvalue weighted by Gasteiger charge is -2.29. The van der Waals surface area contributed by atoms with Crippen molar-refractivity contribution in [1.29, 1.82) is 0 Å². The van der Waals surface area contributed by atoms with Crippen LogP contribution in [0.15, 0.2) is 48.5 Å². The summed E-state index contributed by atoms with van der Waals surface area (Å²) in [7, 11) is 0. The molecule has 0 radical (unpaired) electrons. The van der Waals surface area contributed by atoms with Gasteiger partial charge in [-0.25, -0.2) is 4.79 Å². The molecule has 204 valence electrons. The van der Waals surface area contributed by atoms with Crippen LogP contribution in [-0.4, -0.2) is 47.0 Å². The van der Waals surface area contributed by atoms with Gasteiger partial charge in [-0.1, -0.05) is 30.3 Å². The fraction of sp³-hybridized carbons (Fsp3) is 0.500. The molecule has 0 saturated carbocycles. The minimum absolute atomic E-state index is 0.0601. The molecule has 1 fully saturated rings. The second-order valence-corrected chi connectivity index (χ2v) is 9.98. The van der Waals surface area contributed by atoms with Crippen LogP contribution < -0.4 is 0 Å². The van der Waals surface area contributed by atoms with E-state index in [4.69, 9.17) is 9.47 Å². The zero-order valence-corrected chi connectivity index (χ0v) is 20.7. The molecule has 1 aliphatic rings. The number of likely N-dealkylation sites (tertiary alicyclic amines) is 1. The minimum atomic E-state index is -4.99. The highest BCUT2D eigenvalue weighted by Gasteiger charge is 2.47. The van der Waals surface area contributed by atoms with E-state index in [1.165, 1.54) is 11.8 Å². The van der Waals surface area contributed by atoms with Crippen LogP contribution in [0.1, 0.15) is 62.0 Å². The molecule has 11 heteroatoms. The number of rotatable bonds is 5. The molecule has 0 spiro atoms. The van der Waals surface area contributed by atoms with Gasteiger partial charge in [-0.05, 0) is 57.0 Å². The van der Waals surface area contributed by atoms with Crippen molar-refractivity contribution in [2.24, 2.45) is 0 Å². The van der Waals surface area contributed by atoms with E-state index in [-0.39, 0.29) is 18.2 Å². The van der Waals surface area contributed by atoms with Gasteiger partial charge in [0.2, 0.25) is 0 Å². The first-order chi connectivity index (χ1) is 17.0. The molecule has 1 N–H and O–H groups in total. The SMILES string of the molecule is C[C@H](O[C@H]1CN(C(=O)OC(C)(C)C)[C@@H](CO)[C@@H]1c1ccccc1)c1cc(C(F)(F)F)cc(C(F)(F)F)c1. The Morgan fingerprint density at radius 3 is 2.00 bits per heavy atom. The van der Waals surface area contributed by atoms with Crippen LogP contribution in [0.2, 0.25) is 0 Å². The van der Waals surface area contributed by atoms with Gasteiger partial charge >= 0.3 is 18.4 Å². The summed E-state index contributed by atoms with van der Waals surface area (Å²) in [6, 6.07) is 9.26. The summed E-state index contributed by atoms with van der Waals surface area (Å²) < 4.78 is 91.7. The summed E-state index contributed by atoms with van der Waals surface area (Å²) in [5.74, 6) is -0.617. The molecule has 0 unspecified atom stereocenters. The van der Waals surface area contributed by atoms with Crippen LogP contribution in [0, 0.1) is 0 Å². The number of carbonyl (C=O) groups excluding carboxylic acids is 1.